The molecule has 1 atom stereocenters. The lowest BCUT2D eigenvalue weighted by atomic mass is 10.1. The molecule has 5 aromatic rings. The second-order valence-corrected chi connectivity index (χ2v) is 12.1. The molecule has 5 rings (SSSR count). The summed E-state index contributed by atoms with van der Waals surface area (Å²) in [6, 6.07) is 39.2. The summed E-state index contributed by atoms with van der Waals surface area (Å²) in [6.45, 7) is 6.01. The van der Waals surface area contributed by atoms with Gasteiger partial charge in [-0.3, -0.25) is 14.4 Å². The first-order valence-corrected chi connectivity index (χ1v) is 15.8. The fraction of sp³-hybridized carbons (Fsp3) is 0.103. The van der Waals surface area contributed by atoms with E-state index in [0.29, 0.717) is 11.3 Å². The van der Waals surface area contributed by atoms with Crippen LogP contribution in [0.15, 0.2) is 138 Å². The molecule has 3 N–H and O–H groups in total. The third-order valence-electron chi connectivity index (χ3n) is 7.50. The zero-order valence-corrected chi connectivity index (χ0v) is 26.7. The summed E-state index contributed by atoms with van der Waals surface area (Å²) >= 11 is 1.43. The summed E-state index contributed by atoms with van der Waals surface area (Å²) in [5, 5.41) is 8.26. The van der Waals surface area contributed by atoms with Crippen LogP contribution in [0.5, 0.6) is 0 Å². The number of rotatable bonds is 10. The van der Waals surface area contributed by atoms with Gasteiger partial charge >= 0.3 is 0 Å². The van der Waals surface area contributed by atoms with Gasteiger partial charge in [0.25, 0.3) is 11.8 Å². The molecule has 0 heterocycles. The lowest BCUT2D eigenvalue weighted by molar-refractivity contribution is -0.116. The lowest BCUT2D eigenvalue weighted by Gasteiger charge is -2.18. The normalized spacial score (nSPS) is 11.8. The van der Waals surface area contributed by atoms with E-state index in [9.17, 15) is 14.4 Å². The molecule has 0 fully saturated rings. The molecule has 0 aliphatic carbocycles. The van der Waals surface area contributed by atoms with Gasteiger partial charge in [-0.15, -0.1) is 11.8 Å². The SMILES string of the molecule is Cc1ccc(NC(=O)C(Sc2ccc(NC(=O)/C(=C/c3ccccc3C)NC(=O)c3ccccc3)cc2)c2ccccc2)cc1C. The molecule has 230 valence electrons. The van der Waals surface area contributed by atoms with E-state index in [0.717, 1.165) is 38.4 Å². The third-order valence-corrected chi connectivity index (χ3v) is 8.76. The average Bonchev–Trinajstić information content (AvgIpc) is 3.07. The summed E-state index contributed by atoms with van der Waals surface area (Å²) in [7, 11) is 0. The van der Waals surface area contributed by atoms with Gasteiger partial charge in [-0.05, 0) is 103 Å². The molecule has 5 aromatic carbocycles. The second kappa shape index (κ2) is 15.1. The number of thioether (sulfide) groups is 1. The Balaban J connectivity index is 1.33. The molecule has 6 nitrogen and oxygen atoms in total. The van der Waals surface area contributed by atoms with E-state index in [1.165, 1.54) is 11.8 Å². The van der Waals surface area contributed by atoms with Crippen molar-refractivity contribution in [3.05, 3.63) is 166 Å². The maximum Gasteiger partial charge on any atom is 0.272 e. The molecular weight excluding hydrogens is 591 g/mol. The molecule has 0 saturated carbocycles. The van der Waals surface area contributed by atoms with Crippen molar-refractivity contribution >= 4 is 46.9 Å². The van der Waals surface area contributed by atoms with Crippen LogP contribution in [0.4, 0.5) is 11.4 Å². The molecule has 0 bridgehead atoms. The average molecular weight is 626 g/mol. The number of carbonyl (C=O) groups excluding carboxylic acids is 3. The molecule has 0 radical (unpaired) electrons. The van der Waals surface area contributed by atoms with Crippen molar-refractivity contribution in [1.29, 1.82) is 0 Å². The zero-order chi connectivity index (χ0) is 32.5. The summed E-state index contributed by atoms with van der Waals surface area (Å²) in [6.07, 6.45) is 1.67. The highest BCUT2D eigenvalue weighted by molar-refractivity contribution is 8.00. The van der Waals surface area contributed by atoms with Gasteiger partial charge in [0.1, 0.15) is 10.9 Å². The van der Waals surface area contributed by atoms with Gasteiger partial charge in [-0.2, -0.15) is 0 Å². The van der Waals surface area contributed by atoms with Crippen LogP contribution in [-0.4, -0.2) is 17.7 Å². The van der Waals surface area contributed by atoms with Gasteiger partial charge < -0.3 is 16.0 Å². The number of aryl methyl sites for hydroxylation is 3. The summed E-state index contributed by atoms with van der Waals surface area (Å²) in [5.74, 6) is -0.965. The molecule has 0 aromatic heterocycles. The predicted molar refractivity (Wildman–Crippen MR) is 188 cm³/mol. The summed E-state index contributed by atoms with van der Waals surface area (Å²) < 4.78 is 0. The van der Waals surface area contributed by atoms with E-state index in [1.54, 1.807) is 42.5 Å². The number of carbonyl (C=O) groups is 3. The van der Waals surface area contributed by atoms with Crippen molar-refractivity contribution in [2.45, 2.75) is 30.9 Å². The predicted octanol–water partition coefficient (Wildman–Crippen LogP) is 8.49. The molecule has 3 amide bonds. The first-order chi connectivity index (χ1) is 22.3. The summed E-state index contributed by atoms with van der Waals surface area (Å²) in [4.78, 5) is 40.9. The van der Waals surface area contributed by atoms with E-state index in [-0.39, 0.29) is 17.5 Å². The van der Waals surface area contributed by atoms with Crippen molar-refractivity contribution in [3.8, 4) is 0 Å². The topological polar surface area (TPSA) is 87.3 Å². The van der Waals surface area contributed by atoms with Crippen LogP contribution >= 0.6 is 11.8 Å². The van der Waals surface area contributed by atoms with Gasteiger partial charge in [-0.1, -0.05) is 78.9 Å². The van der Waals surface area contributed by atoms with Gasteiger partial charge in [0.15, 0.2) is 0 Å². The Labute approximate surface area is 274 Å². The second-order valence-electron chi connectivity index (χ2n) is 10.9. The van der Waals surface area contributed by atoms with Crippen LogP contribution in [0.3, 0.4) is 0 Å². The fourth-order valence-corrected chi connectivity index (χ4v) is 5.75. The Kier molecular flexibility index (Phi) is 10.5. The van der Waals surface area contributed by atoms with Gasteiger partial charge in [0, 0.05) is 21.8 Å². The molecular formula is C39H35N3O3S. The number of amides is 3. The van der Waals surface area contributed by atoms with Crippen LogP contribution < -0.4 is 16.0 Å². The van der Waals surface area contributed by atoms with E-state index < -0.39 is 11.2 Å². The summed E-state index contributed by atoms with van der Waals surface area (Å²) in [5.41, 5.74) is 6.81. The number of nitrogens with one attached hydrogen (secondary N) is 3. The first-order valence-electron chi connectivity index (χ1n) is 14.9. The smallest absolute Gasteiger partial charge is 0.272 e. The van der Waals surface area contributed by atoms with Crippen LogP contribution in [0.2, 0.25) is 0 Å². The van der Waals surface area contributed by atoms with Crippen molar-refractivity contribution in [2.24, 2.45) is 0 Å². The number of anilines is 2. The van der Waals surface area contributed by atoms with E-state index in [4.69, 9.17) is 0 Å². The molecule has 0 aliphatic rings. The Bertz CT molecular complexity index is 1870. The van der Waals surface area contributed by atoms with E-state index in [1.807, 2.05) is 112 Å². The van der Waals surface area contributed by atoms with Gasteiger partial charge in [0.05, 0.1) is 0 Å². The highest BCUT2D eigenvalue weighted by atomic mass is 32.2. The molecule has 0 saturated heterocycles. The van der Waals surface area contributed by atoms with Crippen molar-refractivity contribution in [1.82, 2.24) is 5.32 Å². The van der Waals surface area contributed by atoms with Crippen LogP contribution in [0.25, 0.3) is 6.08 Å². The zero-order valence-electron chi connectivity index (χ0n) is 25.9. The highest BCUT2D eigenvalue weighted by Crippen LogP contribution is 2.37. The largest absolute Gasteiger partial charge is 0.325 e. The fourth-order valence-electron chi connectivity index (χ4n) is 4.73. The Morgan fingerprint density at radius 1 is 0.630 bits per heavy atom. The quantitative estimate of drug-likeness (QED) is 0.107. The molecule has 7 heteroatoms. The minimum absolute atomic E-state index is 0.119. The van der Waals surface area contributed by atoms with Gasteiger partial charge in [-0.25, -0.2) is 0 Å². The van der Waals surface area contributed by atoms with E-state index in [2.05, 4.69) is 16.0 Å². The monoisotopic (exact) mass is 625 g/mol. The van der Waals surface area contributed by atoms with Crippen molar-refractivity contribution < 1.29 is 14.4 Å². The van der Waals surface area contributed by atoms with E-state index >= 15 is 0 Å². The van der Waals surface area contributed by atoms with Crippen molar-refractivity contribution in [2.75, 3.05) is 10.6 Å². The van der Waals surface area contributed by atoms with Crippen LogP contribution in [0.1, 0.15) is 43.4 Å². The third kappa shape index (κ3) is 8.40. The lowest BCUT2D eigenvalue weighted by Crippen LogP contribution is -2.30. The molecule has 0 aliphatic heterocycles. The Morgan fingerprint density at radius 2 is 1.26 bits per heavy atom. The number of hydrogen-bond donors (Lipinski definition) is 3. The minimum Gasteiger partial charge on any atom is -0.325 e. The molecule has 1 unspecified atom stereocenters. The van der Waals surface area contributed by atoms with Gasteiger partial charge in [0.2, 0.25) is 5.91 Å². The first kappa shape index (κ1) is 32.0. The highest BCUT2D eigenvalue weighted by Gasteiger charge is 2.23. The maximum atomic E-state index is 13.5. The molecule has 0 spiro atoms. The van der Waals surface area contributed by atoms with Crippen molar-refractivity contribution in [3.63, 3.8) is 0 Å². The Hall–Kier alpha value is -5.40. The maximum absolute atomic E-state index is 13.5. The van der Waals surface area contributed by atoms with Crippen LogP contribution in [0, 0.1) is 20.8 Å². The minimum atomic E-state index is -0.500. The number of hydrogen-bond acceptors (Lipinski definition) is 4. The Morgan fingerprint density at radius 3 is 1.93 bits per heavy atom. The molecule has 46 heavy (non-hydrogen) atoms. The standard InChI is InChI=1S/C39H35N3O3S/c1-26-18-19-33(24-28(26)3)41-39(45)36(29-13-6-4-7-14-29)46-34-22-20-32(21-23-34)40-38(44)35(25-31-17-11-10-12-27(31)2)42-37(43)30-15-8-5-9-16-30/h4-25,36H,1-3H3,(H,40,44)(H,41,45)(H,42,43)/b35-25-. The van der Waals surface area contributed by atoms with Crippen LogP contribution in [-0.2, 0) is 9.59 Å². The number of benzene rings is 5.